The Morgan fingerprint density at radius 2 is 2.14 bits per heavy atom. The van der Waals surface area contributed by atoms with Crippen LogP contribution in [0.5, 0.6) is 0 Å². The first kappa shape index (κ1) is 11.2. The molecular formula is C11H21N3. The number of H-pyrrole nitrogens is 1. The van der Waals surface area contributed by atoms with Crippen LogP contribution in [-0.4, -0.2) is 16.7 Å². The molecule has 0 fully saturated rings. The van der Waals surface area contributed by atoms with Crippen LogP contribution in [-0.2, 0) is 6.54 Å². The molecule has 1 unspecified atom stereocenters. The van der Waals surface area contributed by atoms with Crippen LogP contribution in [0.15, 0.2) is 6.20 Å². The summed E-state index contributed by atoms with van der Waals surface area (Å²) in [5, 5.41) is 10.4. The molecule has 0 aliphatic heterocycles. The maximum absolute atomic E-state index is 3.99. The molecule has 0 radical (unpaired) electrons. The van der Waals surface area contributed by atoms with Gasteiger partial charge in [-0.05, 0) is 25.3 Å². The highest BCUT2D eigenvalue weighted by Gasteiger charge is 2.06. The average Bonchev–Trinajstić information content (AvgIpc) is 2.51. The fraction of sp³-hybridized carbons (Fsp3) is 0.727. The van der Waals surface area contributed by atoms with Crippen molar-refractivity contribution in [3.05, 3.63) is 17.5 Å². The van der Waals surface area contributed by atoms with Gasteiger partial charge < -0.3 is 5.32 Å². The molecule has 0 spiro atoms. The topological polar surface area (TPSA) is 40.7 Å². The second-order valence-corrected chi connectivity index (χ2v) is 4.37. The number of hydrogen-bond donors (Lipinski definition) is 2. The highest BCUT2D eigenvalue weighted by molar-refractivity contribution is 5.13. The lowest BCUT2D eigenvalue weighted by molar-refractivity contribution is 0.392. The van der Waals surface area contributed by atoms with Crippen molar-refractivity contribution in [3.63, 3.8) is 0 Å². The van der Waals surface area contributed by atoms with Crippen molar-refractivity contribution in [2.45, 2.75) is 34.2 Å². The lowest BCUT2D eigenvalue weighted by Crippen LogP contribution is -2.23. The molecule has 1 rings (SSSR count). The zero-order valence-electron chi connectivity index (χ0n) is 9.59. The van der Waals surface area contributed by atoms with Crippen LogP contribution in [0.3, 0.4) is 0 Å². The van der Waals surface area contributed by atoms with Crippen molar-refractivity contribution in [1.29, 1.82) is 0 Å². The molecule has 1 atom stereocenters. The number of aryl methyl sites for hydroxylation is 1. The van der Waals surface area contributed by atoms with Gasteiger partial charge in [-0.1, -0.05) is 20.8 Å². The van der Waals surface area contributed by atoms with E-state index in [4.69, 9.17) is 0 Å². The summed E-state index contributed by atoms with van der Waals surface area (Å²) in [4.78, 5) is 0. The summed E-state index contributed by atoms with van der Waals surface area (Å²) >= 11 is 0. The summed E-state index contributed by atoms with van der Waals surface area (Å²) < 4.78 is 0. The van der Waals surface area contributed by atoms with Gasteiger partial charge in [0.25, 0.3) is 0 Å². The molecule has 0 bridgehead atoms. The Morgan fingerprint density at radius 1 is 1.43 bits per heavy atom. The Labute approximate surface area is 86.3 Å². The monoisotopic (exact) mass is 195 g/mol. The van der Waals surface area contributed by atoms with Crippen LogP contribution < -0.4 is 5.32 Å². The maximum atomic E-state index is 3.99. The summed E-state index contributed by atoms with van der Waals surface area (Å²) in [6.45, 7) is 10.8. The summed E-state index contributed by atoms with van der Waals surface area (Å²) in [5.41, 5.74) is 2.43. The van der Waals surface area contributed by atoms with Gasteiger partial charge in [0.1, 0.15) is 0 Å². The van der Waals surface area contributed by atoms with E-state index >= 15 is 0 Å². The predicted molar refractivity (Wildman–Crippen MR) is 59.0 cm³/mol. The van der Waals surface area contributed by atoms with E-state index < -0.39 is 0 Å². The summed E-state index contributed by atoms with van der Waals surface area (Å²) in [7, 11) is 0. The Bertz CT molecular complexity index is 265. The smallest absolute Gasteiger partial charge is 0.0535 e. The molecule has 3 heteroatoms. The Kier molecular flexibility index (Phi) is 4.14. The largest absolute Gasteiger partial charge is 0.312 e. The normalized spacial score (nSPS) is 13.5. The van der Waals surface area contributed by atoms with E-state index in [2.05, 4.69) is 43.2 Å². The van der Waals surface area contributed by atoms with E-state index in [1.54, 1.807) is 0 Å². The van der Waals surface area contributed by atoms with E-state index in [0.29, 0.717) is 0 Å². The first-order valence-electron chi connectivity index (χ1n) is 5.30. The molecule has 0 aliphatic carbocycles. The molecule has 14 heavy (non-hydrogen) atoms. The average molecular weight is 195 g/mol. The van der Waals surface area contributed by atoms with Crippen molar-refractivity contribution >= 4 is 0 Å². The lowest BCUT2D eigenvalue weighted by Gasteiger charge is -2.15. The van der Waals surface area contributed by atoms with Crippen LogP contribution in [0.25, 0.3) is 0 Å². The van der Waals surface area contributed by atoms with Gasteiger partial charge in [-0.3, -0.25) is 5.10 Å². The zero-order valence-corrected chi connectivity index (χ0v) is 9.59. The lowest BCUT2D eigenvalue weighted by atomic mass is 9.98. The van der Waals surface area contributed by atoms with Crippen molar-refractivity contribution in [3.8, 4) is 0 Å². The first-order valence-corrected chi connectivity index (χ1v) is 5.30. The van der Waals surface area contributed by atoms with Crippen LogP contribution >= 0.6 is 0 Å². The molecule has 3 nitrogen and oxygen atoms in total. The summed E-state index contributed by atoms with van der Waals surface area (Å²) in [6.07, 6.45) is 1.89. The number of nitrogens with one attached hydrogen (secondary N) is 2. The molecule has 1 heterocycles. The van der Waals surface area contributed by atoms with Crippen molar-refractivity contribution in [2.75, 3.05) is 6.54 Å². The summed E-state index contributed by atoms with van der Waals surface area (Å²) in [6, 6.07) is 0. The fourth-order valence-electron chi connectivity index (χ4n) is 1.22. The minimum atomic E-state index is 0.724. The molecule has 1 aromatic rings. The highest BCUT2D eigenvalue weighted by atomic mass is 15.1. The van der Waals surface area contributed by atoms with E-state index in [-0.39, 0.29) is 0 Å². The molecule has 2 N–H and O–H groups in total. The third kappa shape index (κ3) is 3.14. The van der Waals surface area contributed by atoms with Crippen LogP contribution in [0, 0.1) is 18.8 Å². The third-order valence-corrected chi connectivity index (χ3v) is 2.85. The van der Waals surface area contributed by atoms with Crippen LogP contribution in [0.1, 0.15) is 32.0 Å². The Hall–Kier alpha value is -0.830. The number of aromatic nitrogens is 2. The Morgan fingerprint density at radius 3 is 2.64 bits per heavy atom. The molecule has 80 valence electrons. The fourth-order valence-corrected chi connectivity index (χ4v) is 1.22. The van der Waals surface area contributed by atoms with Gasteiger partial charge in [-0.2, -0.15) is 5.10 Å². The minimum absolute atomic E-state index is 0.724. The van der Waals surface area contributed by atoms with Gasteiger partial charge in [0, 0.05) is 17.8 Å². The highest BCUT2D eigenvalue weighted by Crippen LogP contribution is 2.08. The second-order valence-electron chi connectivity index (χ2n) is 4.37. The Balaban J connectivity index is 2.25. The van der Waals surface area contributed by atoms with E-state index in [0.717, 1.165) is 30.6 Å². The predicted octanol–water partition coefficient (Wildman–Crippen LogP) is 2.10. The number of nitrogens with zero attached hydrogens (tertiary/aromatic N) is 1. The van der Waals surface area contributed by atoms with Gasteiger partial charge in [0.05, 0.1) is 6.20 Å². The van der Waals surface area contributed by atoms with Gasteiger partial charge in [0.2, 0.25) is 0 Å². The summed E-state index contributed by atoms with van der Waals surface area (Å²) in [5.74, 6) is 1.47. The van der Waals surface area contributed by atoms with Crippen molar-refractivity contribution < 1.29 is 0 Å². The quantitative estimate of drug-likeness (QED) is 0.755. The molecule has 0 aliphatic rings. The minimum Gasteiger partial charge on any atom is -0.312 e. The molecule has 0 saturated heterocycles. The van der Waals surface area contributed by atoms with Gasteiger partial charge in [-0.15, -0.1) is 0 Å². The SMILES string of the molecule is Cc1[nH]ncc1CNCC(C)C(C)C. The zero-order chi connectivity index (χ0) is 10.6. The van der Waals surface area contributed by atoms with Gasteiger partial charge in [0.15, 0.2) is 0 Å². The van der Waals surface area contributed by atoms with Gasteiger partial charge in [-0.25, -0.2) is 0 Å². The molecule has 0 saturated carbocycles. The van der Waals surface area contributed by atoms with Crippen LogP contribution in [0.2, 0.25) is 0 Å². The maximum Gasteiger partial charge on any atom is 0.0535 e. The van der Waals surface area contributed by atoms with Gasteiger partial charge >= 0.3 is 0 Å². The van der Waals surface area contributed by atoms with E-state index in [1.807, 2.05) is 6.20 Å². The van der Waals surface area contributed by atoms with Crippen molar-refractivity contribution in [2.24, 2.45) is 11.8 Å². The standard InChI is InChI=1S/C11H21N3/c1-8(2)9(3)5-12-6-11-7-13-14-10(11)4/h7-9,12H,5-6H2,1-4H3,(H,13,14). The number of rotatable bonds is 5. The first-order chi connectivity index (χ1) is 6.61. The number of hydrogen-bond acceptors (Lipinski definition) is 2. The third-order valence-electron chi connectivity index (χ3n) is 2.85. The molecule has 1 aromatic heterocycles. The molecule has 0 aromatic carbocycles. The molecule has 0 amide bonds. The van der Waals surface area contributed by atoms with Crippen LogP contribution in [0.4, 0.5) is 0 Å². The van der Waals surface area contributed by atoms with E-state index in [9.17, 15) is 0 Å². The van der Waals surface area contributed by atoms with E-state index in [1.165, 1.54) is 5.56 Å². The second kappa shape index (κ2) is 5.15. The number of aromatic amines is 1. The molecular weight excluding hydrogens is 174 g/mol. The van der Waals surface area contributed by atoms with Crippen molar-refractivity contribution in [1.82, 2.24) is 15.5 Å².